The molecule has 2 aliphatic carbocycles. The van der Waals surface area contributed by atoms with Gasteiger partial charge < -0.3 is 20.0 Å². The molecule has 6 rings (SSSR count). The number of carboxylic acid groups (broad SMARTS) is 1. The quantitative estimate of drug-likeness (QED) is 0.161. The first-order valence-corrected chi connectivity index (χ1v) is 12.9. The van der Waals surface area contributed by atoms with Gasteiger partial charge in [0.15, 0.2) is 0 Å². The molecule has 1 radical (unpaired) electrons. The molecule has 4 aromatic rings. The predicted octanol–water partition coefficient (Wildman–Crippen LogP) is 8.17. The van der Waals surface area contributed by atoms with Crippen LogP contribution in [0.4, 0.5) is 0 Å². The van der Waals surface area contributed by atoms with E-state index in [1.807, 2.05) is 91.0 Å². The van der Waals surface area contributed by atoms with Gasteiger partial charge in [-0.3, -0.25) is 4.79 Å². The molecule has 0 bridgehead atoms. The summed E-state index contributed by atoms with van der Waals surface area (Å²) in [6.07, 6.45) is 11.2. The number of aliphatic carboxylic acids is 1. The van der Waals surface area contributed by atoms with Crippen LogP contribution in [0.1, 0.15) is 64.6 Å². The molecule has 195 valence electrons. The second-order valence-electron chi connectivity index (χ2n) is 9.72. The summed E-state index contributed by atoms with van der Waals surface area (Å²) in [6, 6.07) is 30.7. The molecule has 3 heteroatoms. The number of carboxylic acids is 1. The molecule has 0 spiro atoms. The number of fused-ring (bicyclic) bond motifs is 3. The van der Waals surface area contributed by atoms with E-state index in [0.29, 0.717) is 0 Å². The molecule has 2 aliphatic rings. The van der Waals surface area contributed by atoms with Gasteiger partial charge in [-0.05, 0) is 16.7 Å². The van der Waals surface area contributed by atoms with Crippen molar-refractivity contribution in [2.24, 2.45) is 0 Å². The fraction of sp³-hybridized carbons (Fsp3) is 0.257. The van der Waals surface area contributed by atoms with Crippen molar-refractivity contribution in [3.8, 4) is 0 Å². The Hall–Kier alpha value is -2.81. The van der Waals surface area contributed by atoms with Crippen molar-refractivity contribution < 1.29 is 31.6 Å². The molecule has 38 heavy (non-hydrogen) atoms. The van der Waals surface area contributed by atoms with Crippen molar-refractivity contribution >= 4 is 5.97 Å². The molecule has 2 nitrogen and oxygen atoms in total. The molecular weight excluding hydrogens is 500 g/mol. The molecule has 0 aliphatic heterocycles. The van der Waals surface area contributed by atoms with E-state index in [-0.39, 0.29) is 36.6 Å². The Morgan fingerprint density at radius 2 is 0.895 bits per heavy atom. The van der Waals surface area contributed by atoms with Crippen molar-refractivity contribution in [2.45, 2.75) is 56.8 Å². The topological polar surface area (TPSA) is 37.3 Å². The largest absolute Gasteiger partial charge is 3.00 e. The summed E-state index contributed by atoms with van der Waals surface area (Å²) >= 11 is 0. The maximum atomic E-state index is 12.4. The van der Waals surface area contributed by atoms with Crippen molar-refractivity contribution in [3.63, 3.8) is 0 Å². The van der Waals surface area contributed by atoms with Gasteiger partial charge in [0.2, 0.25) is 0 Å². The SMILES string of the molecule is O=C(O)C(c1ccccc1)(c1ccccc1)c1ccccc1.[CH3-].[CH3-].[Ti+3].[cH-]1c2c(c3c1CCCC3)CCCC2. The summed E-state index contributed by atoms with van der Waals surface area (Å²) < 4.78 is 0. The van der Waals surface area contributed by atoms with Gasteiger partial charge in [-0.2, -0.15) is 28.3 Å². The third-order valence-corrected chi connectivity index (χ3v) is 7.67. The minimum absolute atomic E-state index is 0. The molecule has 4 aromatic carbocycles. The Morgan fingerprint density at radius 1 is 0.579 bits per heavy atom. The van der Waals surface area contributed by atoms with Gasteiger partial charge in [-0.1, -0.05) is 142 Å². The van der Waals surface area contributed by atoms with E-state index in [4.69, 9.17) is 0 Å². The predicted molar refractivity (Wildman–Crippen MR) is 155 cm³/mol. The minimum Gasteiger partial charge on any atom is -0.480 e. The number of benzene rings is 3. The van der Waals surface area contributed by atoms with Crippen molar-refractivity contribution in [1.82, 2.24) is 0 Å². The third-order valence-electron chi connectivity index (χ3n) is 7.67. The molecular formula is C35H39O2Ti. The van der Waals surface area contributed by atoms with Crippen LogP contribution >= 0.6 is 0 Å². The first kappa shape index (κ1) is 31.4. The second-order valence-corrected chi connectivity index (χ2v) is 9.72. The zero-order chi connectivity index (χ0) is 24.1. The first-order chi connectivity index (χ1) is 17.2. The smallest absolute Gasteiger partial charge is 0.480 e. The average Bonchev–Trinajstić information content (AvgIpc) is 3.30. The van der Waals surface area contributed by atoms with Crippen molar-refractivity contribution in [1.29, 1.82) is 0 Å². The summed E-state index contributed by atoms with van der Waals surface area (Å²) in [4.78, 5) is 12.4. The fourth-order valence-corrected chi connectivity index (χ4v) is 6.01. The Kier molecular flexibility index (Phi) is 11.9. The van der Waals surface area contributed by atoms with Crippen LogP contribution in [0.5, 0.6) is 0 Å². The zero-order valence-corrected chi connectivity index (χ0v) is 24.3. The van der Waals surface area contributed by atoms with Crippen LogP contribution in [0.3, 0.4) is 0 Å². The number of hydrogen-bond acceptors (Lipinski definition) is 1. The number of aryl methyl sites for hydroxylation is 2. The van der Waals surface area contributed by atoms with Crippen molar-refractivity contribution in [2.75, 3.05) is 0 Å². The number of rotatable bonds is 4. The standard InChI is InChI=1S/C20H16O2.C13H17.2CH3.Ti/c21-19(22)20(16-10-4-1-5-11-16,17-12-6-2-7-13-17)18-14-8-3-9-15-18;1-3-7-12-10(5-1)9-11-6-2-4-8-13(11)12;;;/h1-15H,(H,21,22);9H,1-8H2;2*1H3;/q;3*-1;+3. The molecule has 0 amide bonds. The van der Waals surface area contributed by atoms with E-state index >= 15 is 0 Å². The van der Waals surface area contributed by atoms with Crippen LogP contribution < -0.4 is 0 Å². The van der Waals surface area contributed by atoms with E-state index in [1.54, 1.807) is 22.3 Å². The second kappa shape index (κ2) is 14.4. The Balaban J connectivity index is 0.000000273. The molecule has 0 unspecified atom stereocenters. The maximum absolute atomic E-state index is 12.4. The summed E-state index contributed by atoms with van der Waals surface area (Å²) in [7, 11) is 0. The molecule has 0 saturated heterocycles. The van der Waals surface area contributed by atoms with Gasteiger partial charge in [0.1, 0.15) is 5.41 Å². The maximum Gasteiger partial charge on any atom is 3.00 e. The number of carbonyl (C=O) groups is 1. The van der Waals surface area contributed by atoms with Crippen LogP contribution in [0, 0.1) is 14.9 Å². The van der Waals surface area contributed by atoms with Crippen LogP contribution in [0.25, 0.3) is 0 Å². The van der Waals surface area contributed by atoms with E-state index in [9.17, 15) is 9.90 Å². The molecule has 0 aromatic heterocycles. The molecule has 0 fully saturated rings. The van der Waals surface area contributed by atoms with Gasteiger partial charge in [0, 0.05) is 0 Å². The van der Waals surface area contributed by atoms with Gasteiger partial charge in [-0.25, -0.2) is 0 Å². The summed E-state index contributed by atoms with van der Waals surface area (Å²) in [5, 5.41) is 10.2. The van der Waals surface area contributed by atoms with E-state index in [1.165, 1.54) is 51.4 Å². The van der Waals surface area contributed by atoms with E-state index < -0.39 is 11.4 Å². The summed E-state index contributed by atoms with van der Waals surface area (Å²) in [5.41, 5.74) is 7.99. The van der Waals surface area contributed by atoms with Gasteiger partial charge in [0.05, 0.1) is 0 Å². The van der Waals surface area contributed by atoms with Crippen LogP contribution in [0.15, 0.2) is 97.1 Å². The summed E-state index contributed by atoms with van der Waals surface area (Å²) in [5.74, 6) is -0.879. The van der Waals surface area contributed by atoms with E-state index in [2.05, 4.69) is 6.07 Å². The summed E-state index contributed by atoms with van der Waals surface area (Å²) in [6.45, 7) is 0. The monoisotopic (exact) mass is 539 g/mol. The molecule has 0 saturated carbocycles. The number of hydrogen-bond donors (Lipinski definition) is 1. The molecule has 0 atom stereocenters. The first-order valence-electron chi connectivity index (χ1n) is 12.9. The third kappa shape index (κ3) is 6.08. The van der Waals surface area contributed by atoms with Gasteiger partial charge >= 0.3 is 27.7 Å². The zero-order valence-electron chi connectivity index (χ0n) is 22.7. The normalized spacial score (nSPS) is 13.6. The molecule has 1 N–H and O–H groups in total. The fourth-order valence-electron chi connectivity index (χ4n) is 6.01. The Bertz CT molecular complexity index is 1130. The Labute approximate surface area is 244 Å². The minimum atomic E-state index is -1.20. The Morgan fingerprint density at radius 3 is 1.21 bits per heavy atom. The van der Waals surface area contributed by atoms with Gasteiger partial charge in [-0.15, -0.1) is 0 Å². The van der Waals surface area contributed by atoms with Crippen molar-refractivity contribution in [3.05, 3.63) is 151 Å². The van der Waals surface area contributed by atoms with Crippen LogP contribution in [-0.2, 0) is 57.6 Å². The van der Waals surface area contributed by atoms with Gasteiger partial charge in [0.25, 0.3) is 0 Å². The van der Waals surface area contributed by atoms with E-state index in [0.717, 1.165) is 16.7 Å². The van der Waals surface area contributed by atoms with Crippen LogP contribution in [0.2, 0.25) is 0 Å². The van der Waals surface area contributed by atoms with Crippen LogP contribution in [-0.4, -0.2) is 11.1 Å². The molecule has 0 heterocycles. The average molecular weight is 540 g/mol.